The molecule has 0 bridgehead atoms. The highest BCUT2D eigenvalue weighted by Crippen LogP contribution is 2.22. The van der Waals surface area contributed by atoms with Crippen LogP contribution in [0.2, 0.25) is 0 Å². The molecule has 0 aliphatic rings. The lowest BCUT2D eigenvalue weighted by molar-refractivity contribution is 0.0525. The third-order valence-electron chi connectivity index (χ3n) is 4.13. The number of aromatic nitrogens is 4. The minimum Gasteiger partial charge on any atom is -0.462 e. The largest absolute Gasteiger partial charge is 0.462 e. The Balaban J connectivity index is 1.88. The standard InChI is InChI=1S/C19H17N5O3/c1-3-27-19(26)16-17(22-12-5-6-13-14(8-12)21-10-20-13)23-15-7-4-11(2)9-24(15)18(16)25/h4-10,22H,3H2,1-2H3,(H,20,21). The van der Waals surface area contributed by atoms with Gasteiger partial charge in [-0.2, -0.15) is 0 Å². The van der Waals surface area contributed by atoms with Crippen LogP contribution in [0.4, 0.5) is 11.5 Å². The molecule has 4 aromatic rings. The summed E-state index contributed by atoms with van der Waals surface area (Å²) in [5, 5.41) is 3.07. The molecule has 0 atom stereocenters. The third kappa shape index (κ3) is 3.01. The number of imidazole rings is 1. The molecule has 0 amide bonds. The molecule has 0 unspecified atom stereocenters. The van der Waals surface area contributed by atoms with Gasteiger partial charge in [-0.15, -0.1) is 0 Å². The first-order chi connectivity index (χ1) is 13.1. The van der Waals surface area contributed by atoms with E-state index < -0.39 is 11.5 Å². The lowest BCUT2D eigenvalue weighted by Gasteiger charge is -2.12. The zero-order valence-corrected chi connectivity index (χ0v) is 14.8. The second-order valence-corrected chi connectivity index (χ2v) is 6.06. The molecule has 2 N–H and O–H groups in total. The molecule has 1 aromatic carbocycles. The van der Waals surface area contributed by atoms with Crippen molar-refractivity contribution in [2.24, 2.45) is 0 Å². The number of hydrogen-bond acceptors (Lipinski definition) is 6. The lowest BCUT2D eigenvalue weighted by Crippen LogP contribution is -2.26. The third-order valence-corrected chi connectivity index (χ3v) is 4.13. The maximum absolute atomic E-state index is 12.9. The summed E-state index contributed by atoms with van der Waals surface area (Å²) in [5.74, 6) is -0.558. The van der Waals surface area contributed by atoms with Crippen LogP contribution in [-0.4, -0.2) is 31.9 Å². The number of ether oxygens (including phenoxy) is 1. The van der Waals surface area contributed by atoms with Crippen LogP contribution >= 0.6 is 0 Å². The number of esters is 1. The fourth-order valence-corrected chi connectivity index (χ4v) is 2.87. The molecule has 4 rings (SSSR count). The van der Waals surface area contributed by atoms with Gasteiger partial charge in [0.1, 0.15) is 5.65 Å². The van der Waals surface area contributed by atoms with E-state index in [1.165, 1.54) is 4.40 Å². The van der Waals surface area contributed by atoms with E-state index in [0.717, 1.165) is 16.6 Å². The quantitative estimate of drug-likeness (QED) is 0.541. The van der Waals surface area contributed by atoms with Gasteiger partial charge in [-0.1, -0.05) is 6.07 Å². The van der Waals surface area contributed by atoms with Crippen molar-refractivity contribution in [1.82, 2.24) is 19.4 Å². The Hall–Kier alpha value is -3.68. The Morgan fingerprint density at radius 1 is 1.30 bits per heavy atom. The molecule has 8 heteroatoms. The van der Waals surface area contributed by atoms with Crippen molar-refractivity contribution in [3.63, 3.8) is 0 Å². The minimum absolute atomic E-state index is 0.135. The first-order valence-electron chi connectivity index (χ1n) is 8.47. The van der Waals surface area contributed by atoms with Crippen LogP contribution in [0.25, 0.3) is 16.7 Å². The van der Waals surface area contributed by atoms with Gasteiger partial charge in [-0.25, -0.2) is 14.8 Å². The molecule has 0 aliphatic carbocycles. The van der Waals surface area contributed by atoms with E-state index in [-0.39, 0.29) is 18.0 Å². The van der Waals surface area contributed by atoms with Gasteiger partial charge in [0, 0.05) is 11.9 Å². The molecule has 0 saturated carbocycles. The summed E-state index contributed by atoms with van der Waals surface area (Å²) >= 11 is 0. The van der Waals surface area contributed by atoms with Crippen LogP contribution in [-0.2, 0) is 4.74 Å². The predicted molar refractivity (Wildman–Crippen MR) is 102 cm³/mol. The number of nitrogens with zero attached hydrogens (tertiary/aromatic N) is 3. The second-order valence-electron chi connectivity index (χ2n) is 6.06. The molecule has 0 saturated heterocycles. The monoisotopic (exact) mass is 363 g/mol. The SMILES string of the molecule is CCOC(=O)c1c(Nc2ccc3nc[nH]c3c2)nc2ccc(C)cn2c1=O. The van der Waals surface area contributed by atoms with Crippen molar-refractivity contribution < 1.29 is 9.53 Å². The van der Waals surface area contributed by atoms with E-state index in [2.05, 4.69) is 20.3 Å². The van der Waals surface area contributed by atoms with Crippen LogP contribution in [0.5, 0.6) is 0 Å². The number of hydrogen-bond donors (Lipinski definition) is 2. The maximum atomic E-state index is 12.9. The summed E-state index contributed by atoms with van der Waals surface area (Å²) < 4.78 is 6.43. The summed E-state index contributed by atoms with van der Waals surface area (Å²) in [4.78, 5) is 37.1. The molecule has 0 spiro atoms. The van der Waals surface area contributed by atoms with E-state index in [4.69, 9.17) is 4.74 Å². The first kappa shape index (κ1) is 16.8. The summed E-state index contributed by atoms with van der Waals surface area (Å²) in [5.41, 5.74) is 3.01. The molecular weight excluding hydrogens is 346 g/mol. The number of pyridine rings is 1. The molecule has 3 aromatic heterocycles. The van der Waals surface area contributed by atoms with Gasteiger partial charge in [0.15, 0.2) is 11.4 Å². The van der Waals surface area contributed by atoms with Crippen molar-refractivity contribution in [2.75, 3.05) is 11.9 Å². The topological polar surface area (TPSA) is 101 Å². The maximum Gasteiger partial charge on any atom is 0.347 e. The highest BCUT2D eigenvalue weighted by molar-refractivity contribution is 5.95. The summed E-state index contributed by atoms with van der Waals surface area (Å²) in [6.07, 6.45) is 3.25. The van der Waals surface area contributed by atoms with Gasteiger partial charge in [-0.05, 0) is 43.7 Å². The Morgan fingerprint density at radius 2 is 2.15 bits per heavy atom. The van der Waals surface area contributed by atoms with E-state index in [1.807, 2.05) is 25.1 Å². The average Bonchev–Trinajstić information content (AvgIpc) is 3.10. The van der Waals surface area contributed by atoms with Crippen molar-refractivity contribution in [3.05, 3.63) is 64.3 Å². The second kappa shape index (κ2) is 6.56. The minimum atomic E-state index is -0.712. The zero-order valence-electron chi connectivity index (χ0n) is 14.8. The van der Waals surface area contributed by atoms with Gasteiger partial charge >= 0.3 is 5.97 Å². The molecule has 8 nitrogen and oxygen atoms in total. The van der Waals surface area contributed by atoms with Gasteiger partial charge in [0.25, 0.3) is 5.56 Å². The zero-order chi connectivity index (χ0) is 19.0. The van der Waals surface area contributed by atoms with Crippen LogP contribution < -0.4 is 10.9 Å². The van der Waals surface area contributed by atoms with Gasteiger partial charge in [-0.3, -0.25) is 9.20 Å². The summed E-state index contributed by atoms with van der Waals surface area (Å²) in [6.45, 7) is 3.71. The van der Waals surface area contributed by atoms with Crippen LogP contribution in [0.3, 0.4) is 0 Å². The molecule has 3 heterocycles. The molecule has 0 aliphatic heterocycles. The van der Waals surface area contributed by atoms with Crippen LogP contribution in [0.15, 0.2) is 47.7 Å². The smallest absolute Gasteiger partial charge is 0.347 e. The summed E-state index contributed by atoms with van der Waals surface area (Å²) in [6, 6.07) is 9.04. The summed E-state index contributed by atoms with van der Waals surface area (Å²) in [7, 11) is 0. The fourth-order valence-electron chi connectivity index (χ4n) is 2.87. The van der Waals surface area contributed by atoms with Crippen LogP contribution in [0.1, 0.15) is 22.8 Å². The molecule has 136 valence electrons. The predicted octanol–water partition coefficient (Wildman–Crippen LogP) is 2.80. The number of aromatic amines is 1. The lowest BCUT2D eigenvalue weighted by atomic mass is 10.2. The molecule has 27 heavy (non-hydrogen) atoms. The number of benzene rings is 1. The number of carbonyl (C=O) groups excluding carboxylic acids is 1. The number of aryl methyl sites for hydroxylation is 1. The van der Waals surface area contributed by atoms with E-state index in [0.29, 0.717) is 11.3 Å². The highest BCUT2D eigenvalue weighted by Gasteiger charge is 2.21. The van der Waals surface area contributed by atoms with Crippen molar-refractivity contribution in [1.29, 1.82) is 0 Å². The Bertz CT molecular complexity index is 1230. The fraction of sp³-hybridized carbons (Fsp3) is 0.158. The normalized spacial score (nSPS) is 11.0. The number of nitrogens with one attached hydrogen (secondary N) is 2. The number of H-pyrrole nitrogens is 1. The average molecular weight is 363 g/mol. The molecule has 0 fully saturated rings. The van der Waals surface area contributed by atoms with E-state index in [9.17, 15) is 9.59 Å². The number of anilines is 2. The number of rotatable bonds is 4. The first-order valence-corrected chi connectivity index (χ1v) is 8.47. The van der Waals surface area contributed by atoms with E-state index in [1.54, 1.807) is 31.6 Å². The van der Waals surface area contributed by atoms with Gasteiger partial charge < -0.3 is 15.0 Å². The highest BCUT2D eigenvalue weighted by atomic mass is 16.5. The van der Waals surface area contributed by atoms with E-state index >= 15 is 0 Å². The van der Waals surface area contributed by atoms with Crippen LogP contribution in [0, 0.1) is 6.92 Å². The van der Waals surface area contributed by atoms with Gasteiger partial charge in [0.05, 0.1) is 24.0 Å². The van der Waals surface area contributed by atoms with Crippen molar-refractivity contribution in [3.8, 4) is 0 Å². The Labute approximate surface area is 153 Å². The Morgan fingerprint density at radius 3 is 2.96 bits per heavy atom. The van der Waals surface area contributed by atoms with Crippen molar-refractivity contribution >= 4 is 34.2 Å². The number of carbonyl (C=O) groups is 1. The van der Waals surface area contributed by atoms with Crippen molar-refractivity contribution in [2.45, 2.75) is 13.8 Å². The molecular formula is C19H17N5O3. The molecule has 0 radical (unpaired) electrons. The Kier molecular flexibility index (Phi) is 4.08. The number of fused-ring (bicyclic) bond motifs is 2. The van der Waals surface area contributed by atoms with Gasteiger partial charge in [0.2, 0.25) is 0 Å².